The monoisotopic (exact) mass is 260 g/mol. The van der Waals surface area contributed by atoms with Gasteiger partial charge in [0.1, 0.15) is 5.15 Å². The van der Waals surface area contributed by atoms with Gasteiger partial charge in [0.05, 0.1) is 16.9 Å². The van der Waals surface area contributed by atoms with Gasteiger partial charge in [-0.15, -0.1) is 0 Å². The maximum atomic E-state index is 11.8. The van der Waals surface area contributed by atoms with Crippen LogP contribution >= 0.6 is 11.6 Å². The van der Waals surface area contributed by atoms with Crippen molar-refractivity contribution in [1.29, 1.82) is 0 Å². The molecular formula is C14H13ClN2O. The predicted octanol–water partition coefficient (Wildman–Crippen LogP) is 3.46. The Balaban J connectivity index is 2.61. The first kappa shape index (κ1) is 12.6. The Hall–Kier alpha value is -1.87. The van der Waals surface area contributed by atoms with Crippen molar-refractivity contribution in [3.05, 3.63) is 59.4 Å². The molecule has 0 aliphatic carbocycles. The number of ketones is 1. The van der Waals surface area contributed by atoms with E-state index in [0.29, 0.717) is 22.8 Å². The summed E-state index contributed by atoms with van der Waals surface area (Å²) in [6.45, 7) is 5.43. The van der Waals surface area contributed by atoms with Crippen molar-refractivity contribution in [3.63, 3.8) is 0 Å². The van der Waals surface area contributed by atoms with Gasteiger partial charge in [-0.2, -0.15) is 5.10 Å². The SMILES string of the molecule is C=CC(=O)c1c(CC)nn(-c2ccccc2)c1Cl. The molecule has 2 rings (SSSR count). The fourth-order valence-electron chi connectivity index (χ4n) is 1.77. The molecule has 2 aromatic rings. The van der Waals surface area contributed by atoms with Gasteiger partial charge < -0.3 is 0 Å². The lowest BCUT2D eigenvalue weighted by molar-refractivity contribution is 0.104. The van der Waals surface area contributed by atoms with Crippen molar-refractivity contribution >= 4 is 17.4 Å². The van der Waals surface area contributed by atoms with E-state index >= 15 is 0 Å². The number of hydrogen-bond donors (Lipinski definition) is 0. The van der Waals surface area contributed by atoms with Crippen LogP contribution in [0.1, 0.15) is 23.0 Å². The molecule has 0 amide bonds. The number of aryl methyl sites for hydroxylation is 1. The van der Waals surface area contributed by atoms with E-state index in [1.165, 1.54) is 6.08 Å². The lowest BCUT2D eigenvalue weighted by atomic mass is 10.1. The minimum Gasteiger partial charge on any atom is -0.289 e. The number of allylic oxidation sites excluding steroid dienone is 1. The molecule has 1 aromatic heterocycles. The first-order chi connectivity index (χ1) is 8.69. The highest BCUT2D eigenvalue weighted by Gasteiger charge is 2.20. The normalized spacial score (nSPS) is 10.3. The smallest absolute Gasteiger partial charge is 0.190 e. The maximum Gasteiger partial charge on any atom is 0.190 e. The largest absolute Gasteiger partial charge is 0.289 e. The summed E-state index contributed by atoms with van der Waals surface area (Å²) in [6, 6.07) is 9.49. The average molecular weight is 261 g/mol. The molecule has 0 aliphatic rings. The second-order valence-corrected chi connectivity index (χ2v) is 4.14. The van der Waals surface area contributed by atoms with Crippen LogP contribution < -0.4 is 0 Å². The van der Waals surface area contributed by atoms with Crippen molar-refractivity contribution in [2.24, 2.45) is 0 Å². The van der Waals surface area contributed by atoms with Crippen molar-refractivity contribution in [3.8, 4) is 5.69 Å². The summed E-state index contributed by atoms with van der Waals surface area (Å²) in [4.78, 5) is 11.8. The highest BCUT2D eigenvalue weighted by atomic mass is 35.5. The van der Waals surface area contributed by atoms with E-state index in [0.717, 1.165) is 5.69 Å². The molecule has 4 heteroatoms. The number of nitrogens with zero attached hydrogens (tertiary/aromatic N) is 2. The number of aromatic nitrogens is 2. The van der Waals surface area contributed by atoms with Crippen LogP contribution in [0.4, 0.5) is 0 Å². The van der Waals surface area contributed by atoms with Crippen molar-refractivity contribution in [2.45, 2.75) is 13.3 Å². The molecule has 0 saturated heterocycles. The van der Waals surface area contributed by atoms with E-state index in [1.807, 2.05) is 37.3 Å². The van der Waals surface area contributed by atoms with Gasteiger partial charge in [-0.25, -0.2) is 4.68 Å². The van der Waals surface area contributed by atoms with Crippen LogP contribution in [-0.2, 0) is 6.42 Å². The highest BCUT2D eigenvalue weighted by molar-refractivity contribution is 6.34. The first-order valence-electron chi connectivity index (χ1n) is 5.68. The lowest BCUT2D eigenvalue weighted by Crippen LogP contribution is -1.98. The summed E-state index contributed by atoms with van der Waals surface area (Å²) in [6.07, 6.45) is 1.91. The maximum absolute atomic E-state index is 11.8. The van der Waals surface area contributed by atoms with Gasteiger partial charge in [-0.3, -0.25) is 4.79 Å². The second-order valence-electron chi connectivity index (χ2n) is 3.78. The summed E-state index contributed by atoms with van der Waals surface area (Å²) in [7, 11) is 0. The highest BCUT2D eigenvalue weighted by Crippen LogP contribution is 2.24. The molecule has 92 valence electrons. The van der Waals surface area contributed by atoms with E-state index in [-0.39, 0.29) is 5.78 Å². The Morgan fingerprint density at radius 2 is 2.11 bits per heavy atom. The zero-order valence-corrected chi connectivity index (χ0v) is 10.8. The van der Waals surface area contributed by atoms with Gasteiger partial charge in [0.25, 0.3) is 0 Å². The average Bonchev–Trinajstić information content (AvgIpc) is 2.76. The van der Waals surface area contributed by atoms with E-state index in [1.54, 1.807) is 4.68 Å². The fourth-order valence-corrected chi connectivity index (χ4v) is 2.11. The van der Waals surface area contributed by atoms with Gasteiger partial charge in [0, 0.05) is 0 Å². The molecular weight excluding hydrogens is 248 g/mol. The molecule has 0 radical (unpaired) electrons. The van der Waals surface area contributed by atoms with Crippen LogP contribution in [0.2, 0.25) is 5.15 Å². The number of hydrogen-bond acceptors (Lipinski definition) is 2. The third-order valence-electron chi connectivity index (χ3n) is 2.67. The number of carbonyl (C=O) groups is 1. The fraction of sp³-hybridized carbons (Fsp3) is 0.143. The topological polar surface area (TPSA) is 34.9 Å². The third kappa shape index (κ3) is 2.09. The summed E-state index contributed by atoms with van der Waals surface area (Å²) in [5, 5.41) is 4.72. The molecule has 0 atom stereocenters. The molecule has 0 bridgehead atoms. The summed E-state index contributed by atoms with van der Waals surface area (Å²) >= 11 is 6.25. The zero-order valence-electron chi connectivity index (χ0n) is 10.1. The minimum absolute atomic E-state index is 0.195. The van der Waals surface area contributed by atoms with Crippen LogP contribution in [0.25, 0.3) is 5.69 Å². The number of carbonyl (C=O) groups excluding carboxylic acids is 1. The summed E-state index contributed by atoms with van der Waals surface area (Å²) in [5.41, 5.74) is 1.96. The van der Waals surface area contributed by atoms with Gasteiger partial charge in [0.15, 0.2) is 5.78 Å². The molecule has 0 spiro atoms. The van der Waals surface area contributed by atoms with E-state index < -0.39 is 0 Å². The number of para-hydroxylation sites is 1. The van der Waals surface area contributed by atoms with Crippen LogP contribution in [-0.4, -0.2) is 15.6 Å². The van der Waals surface area contributed by atoms with Crippen LogP contribution in [0.5, 0.6) is 0 Å². The Bertz CT molecular complexity index is 587. The quantitative estimate of drug-likeness (QED) is 0.623. The standard InChI is InChI=1S/C14H13ClN2O/c1-3-11-13(12(18)4-2)14(15)17(16-11)10-8-6-5-7-9-10/h4-9H,2-3H2,1H3. The van der Waals surface area contributed by atoms with Crippen LogP contribution in [0.3, 0.4) is 0 Å². The summed E-state index contributed by atoms with van der Waals surface area (Å²) in [5.74, 6) is -0.195. The molecule has 3 nitrogen and oxygen atoms in total. The molecule has 0 aliphatic heterocycles. The minimum atomic E-state index is -0.195. The molecule has 1 aromatic carbocycles. The van der Waals surface area contributed by atoms with E-state index in [2.05, 4.69) is 11.7 Å². The van der Waals surface area contributed by atoms with E-state index in [4.69, 9.17) is 11.6 Å². The van der Waals surface area contributed by atoms with Gasteiger partial charge in [0.2, 0.25) is 0 Å². The van der Waals surface area contributed by atoms with Crippen molar-refractivity contribution < 1.29 is 4.79 Å². The molecule has 0 unspecified atom stereocenters. The molecule has 0 fully saturated rings. The van der Waals surface area contributed by atoms with Gasteiger partial charge in [-0.05, 0) is 24.6 Å². The van der Waals surface area contributed by atoms with E-state index in [9.17, 15) is 4.79 Å². The predicted molar refractivity (Wildman–Crippen MR) is 72.5 cm³/mol. The number of rotatable bonds is 4. The van der Waals surface area contributed by atoms with Crippen LogP contribution in [0, 0.1) is 0 Å². The third-order valence-corrected chi connectivity index (χ3v) is 3.02. The Kier molecular flexibility index (Phi) is 3.63. The Morgan fingerprint density at radius 1 is 1.44 bits per heavy atom. The van der Waals surface area contributed by atoms with Crippen molar-refractivity contribution in [2.75, 3.05) is 0 Å². The second kappa shape index (κ2) is 5.19. The Labute approximate surface area is 111 Å². The van der Waals surface area contributed by atoms with Gasteiger partial charge >= 0.3 is 0 Å². The molecule has 0 saturated carbocycles. The first-order valence-corrected chi connectivity index (χ1v) is 6.06. The molecule has 18 heavy (non-hydrogen) atoms. The zero-order chi connectivity index (χ0) is 13.1. The van der Waals surface area contributed by atoms with Crippen molar-refractivity contribution in [1.82, 2.24) is 9.78 Å². The number of halogens is 1. The summed E-state index contributed by atoms with van der Waals surface area (Å²) < 4.78 is 1.58. The van der Waals surface area contributed by atoms with Crippen LogP contribution in [0.15, 0.2) is 43.0 Å². The molecule has 1 heterocycles. The number of benzene rings is 1. The van der Waals surface area contributed by atoms with Gasteiger partial charge in [-0.1, -0.05) is 43.3 Å². The molecule has 0 N–H and O–H groups in total. The Morgan fingerprint density at radius 3 is 2.67 bits per heavy atom. The lowest BCUT2D eigenvalue weighted by Gasteiger charge is -2.02.